The minimum atomic E-state index is -0.545. The fraction of sp³-hybridized carbons (Fsp3) is 0. The lowest BCUT2D eigenvalue weighted by Crippen LogP contribution is -2.02. The van der Waals surface area contributed by atoms with Gasteiger partial charge in [-0.05, 0) is 46.8 Å². The molecule has 1 aromatic heterocycles. The molecule has 0 unspecified atom stereocenters. The number of tetrazole rings is 1. The van der Waals surface area contributed by atoms with Crippen LogP contribution in [0.1, 0.15) is 0 Å². The highest BCUT2D eigenvalue weighted by Gasteiger charge is 2.15. The Hall–Kier alpha value is -2.54. The molecule has 3 rings (SSSR count). The lowest BCUT2D eigenvalue weighted by atomic mass is 10.1. The first kappa shape index (κ1) is 13.4. The van der Waals surface area contributed by atoms with Crippen LogP contribution in [0, 0.1) is 11.6 Å². The number of aromatic nitrogens is 4. The quantitative estimate of drug-likeness (QED) is 0.739. The largest absolute Gasteiger partial charge is 0.398 e. The van der Waals surface area contributed by atoms with Crippen LogP contribution < -0.4 is 5.73 Å². The SMILES string of the molecule is Nc1cc(F)ccc1-c1nnnn1-c1ccc(F)c(Cl)c1. The number of hydrogen-bond donors (Lipinski definition) is 1. The first-order valence-corrected chi connectivity index (χ1v) is 6.23. The van der Waals surface area contributed by atoms with E-state index in [1.807, 2.05) is 0 Å². The minimum absolute atomic E-state index is 0.0546. The Kier molecular flexibility index (Phi) is 3.26. The van der Waals surface area contributed by atoms with Crippen LogP contribution in [-0.2, 0) is 0 Å². The van der Waals surface area contributed by atoms with Gasteiger partial charge >= 0.3 is 0 Å². The Morgan fingerprint density at radius 2 is 1.90 bits per heavy atom. The number of halogens is 3. The molecule has 0 saturated heterocycles. The van der Waals surface area contributed by atoms with Crippen LogP contribution in [0.4, 0.5) is 14.5 Å². The molecule has 21 heavy (non-hydrogen) atoms. The van der Waals surface area contributed by atoms with E-state index in [0.717, 1.165) is 0 Å². The molecule has 106 valence electrons. The van der Waals surface area contributed by atoms with E-state index in [-0.39, 0.29) is 10.7 Å². The molecule has 0 spiro atoms. The van der Waals surface area contributed by atoms with E-state index < -0.39 is 11.6 Å². The van der Waals surface area contributed by atoms with Gasteiger partial charge in [-0.2, -0.15) is 4.68 Å². The molecule has 0 radical (unpaired) electrons. The van der Waals surface area contributed by atoms with Crippen LogP contribution in [0.2, 0.25) is 5.02 Å². The predicted molar refractivity (Wildman–Crippen MR) is 73.9 cm³/mol. The molecular weight excluding hydrogens is 300 g/mol. The van der Waals surface area contributed by atoms with E-state index in [9.17, 15) is 8.78 Å². The molecule has 2 aromatic carbocycles. The number of hydrogen-bond acceptors (Lipinski definition) is 4. The first-order valence-electron chi connectivity index (χ1n) is 5.85. The van der Waals surface area contributed by atoms with Crippen LogP contribution in [0.5, 0.6) is 0 Å². The summed E-state index contributed by atoms with van der Waals surface area (Å²) in [4.78, 5) is 0. The van der Waals surface area contributed by atoms with Gasteiger partial charge in [-0.3, -0.25) is 0 Å². The van der Waals surface area contributed by atoms with Crippen LogP contribution in [0.3, 0.4) is 0 Å². The van der Waals surface area contributed by atoms with Crippen molar-refractivity contribution in [3.05, 3.63) is 53.1 Å². The van der Waals surface area contributed by atoms with Gasteiger partial charge in [-0.25, -0.2) is 8.78 Å². The standard InChI is InChI=1S/C13H8ClF2N5/c14-10-6-8(2-4-11(10)16)21-13(18-19-20-21)9-3-1-7(15)5-12(9)17/h1-6H,17H2. The molecular formula is C13H8ClF2N5. The van der Waals surface area contributed by atoms with E-state index in [2.05, 4.69) is 15.5 Å². The maximum atomic E-state index is 13.2. The topological polar surface area (TPSA) is 69.6 Å². The molecule has 0 aliphatic carbocycles. The highest BCUT2D eigenvalue weighted by Crippen LogP contribution is 2.27. The third-order valence-corrected chi connectivity index (χ3v) is 3.16. The number of nitrogen functional groups attached to an aromatic ring is 1. The lowest BCUT2D eigenvalue weighted by Gasteiger charge is -2.07. The van der Waals surface area contributed by atoms with Crippen molar-refractivity contribution in [2.24, 2.45) is 0 Å². The minimum Gasteiger partial charge on any atom is -0.398 e. The third-order valence-electron chi connectivity index (χ3n) is 2.87. The highest BCUT2D eigenvalue weighted by molar-refractivity contribution is 6.30. The monoisotopic (exact) mass is 307 g/mol. The average Bonchev–Trinajstić information content (AvgIpc) is 2.91. The van der Waals surface area contributed by atoms with Gasteiger partial charge in [0.25, 0.3) is 0 Å². The van der Waals surface area contributed by atoms with Crippen LogP contribution in [0.15, 0.2) is 36.4 Å². The fourth-order valence-electron chi connectivity index (χ4n) is 1.88. The summed E-state index contributed by atoms with van der Waals surface area (Å²) < 4.78 is 27.7. The molecule has 8 heteroatoms. The van der Waals surface area contributed by atoms with E-state index >= 15 is 0 Å². The second-order valence-corrected chi connectivity index (χ2v) is 4.65. The summed E-state index contributed by atoms with van der Waals surface area (Å²) >= 11 is 5.75. The van der Waals surface area contributed by atoms with Gasteiger partial charge in [0.15, 0.2) is 5.82 Å². The van der Waals surface area contributed by atoms with Crippen molar-refractivity contribution in [2.75, 3.05) is 5.73 Å². The molecule has 0 atom stereocenters. The van der Waals surface area contributed by atoms with Gasteiger partial charge in [-0.15, -0.1) is 5.10 Å². The summed E-state index contributed by atoms with van der Waals surface area (Å²) in [6.45, 7) is 0. The molecule has 1 heterocycles. The fourth-order valence-corrected chi connectivity index (χ4v) is 2.06. The Balaban J connectivity index is 2.14. The lowest BCUT2D eigenvalue weighted by molar-refractivity contribution is 0.627. The van der Waals surface area contributed by atoms with Crippen molar-refractivity contribution in [3.63, 3.8) is 0 Å². The second-order valence-electron chi connectivity index (χ2n) is 4.24. The van der Waals surface area contributed by atoms with Gasteiger partial charge < -0.3 is 5.73 Å². The summed E-state index contributed by atoms with van der Waals surface area (Å²) in [6.07, 6.45) is 0. The summed E-state index contributed by atoms with van der Waals surface area (Å²) in [7, 11) is 0. The molecule has 0 saturated carbocycles. The summed E-state index contributed by atoms with van der Waals surface area (Å²) in [5.41, 5.74) is 6.90. The number of nitrogens with two attached hydrogens (primary N) is 1. The van der Waals surface area contributed by atoms with E-state index in [4.69, 9.17) is 17.3 Å². The number of anilines is 1. The molecule has 0 amide bonds. The molecule has 0 bridgehead atoms. The Labute approximate surface area is 123 Å². The molecule has 0 aliphatic rings. The highest BCUT2D eigenvalue weighted by atomic mass is 35.5. The van der Waals surface area contributed by atoms with Crippen molar-refractivity contribution >= 4 is 17.3 Å². The van der Waals surface area contributed by atoms with Crippen molar-refractivity contribution in [1.82, 2.24) is 20.2 Å². The van der Waals surface area contributed by atoms with Crippen LogP contribution >= 0.6 is 11.6 Å². The summed E-state index contributed by atoms with van der Waals surface area (Å²) in [5.74, 6) is -0.702. The van der Waals surface area contributed by atoms with Crippen molar-refractivity contribution in [1.29, 1.82) is 0 Å². The molecule has 0 aliphatic heterocycles. The van der Waals surface area contributed by atoms with Gasteiger partial charge in [0.2, 0.25) is 0 Å². The summed E-state index contributed by atoms with van der Waals surface area (Å²) in [5, 5.41) is 11.2. The van der Waals surface area contributed by atoms with Crippen molar-refractivity contribution in [2.45, 2.75) is 0 Å². The number of benzene rings is 2. The predicted octanol–water partition coefficient (Wildman–Crippen LogP) is 2.84. The zero-order valence-electron chi connectivity index (χ0n) is 10.5. The Morgan fingerprint density at radius 1 is 1.10 bits per heavy atom. The average molecular weight is 308 g/mol. The number of nitrogens with zero attached hydrogens (tertiary/aromatic N) is 4. The Morgan fingerprint density at radius 3 is 2.62 bits per heavy atom. The molecule has 3 aromatic rings. The van der Waals surface area contributed by atoms with Crippen LogP contribution in [-0.4, -0.2) is 20.2 Å². The van der Waals surface area contributed by atoms with Gasteiger partial charge in [-0.1, -0.05) is 11.6 Å². The van der Waals surface area contributed by atoms with Gasteiger partial charge in [0, 0.05) is 11.3 Å². The third kappa shape index (κ3) is 2.43. The van der Waals surface area contributed by atoms with E-state index in [0.29, 0.717) is 17.1 Å². The van der Waals surface area contributed by atoms with Crippen molar-refractivity contribution in [3.8, 4) is 17.1 Å². The van der Waals surface area contributed by atoms with Crippen LogP contribution in [0.25, 0.3) is 17.1 Å². The van der Waals surface area contributed by atoms with E-state index in [1.54, 1.807) is 0 Å². The normalized spacial score (nSPS) is 10.8. The smallest absolute Gasteiger partial charge is 0.189 e. The molecule has 5 nitrogen and oxygen atoms in total. The van der Waals surface area contributed by atoms with Crippen molar-refractivity contribution < 1.29 is 8.78 Å². The first-order chi connectivity index (χ1) is 10.1. The number of rotatable bonds is 2. The molecule has 2 N–H and O–H groups in total. The molecule has 0 fully saturated rings. The zero-order chi connectivity index (χ0) is 15.0. The van der Waals surface area contributed by atoms with Gasteiger partial charge in [0.05, 0.1) is 10.7 Å². The maximum Gasteiger partial charge on any atom is 0.189 e. The Bertz CT molecular complexity index is 818. The zero-order valence-corrected chi connectivity index (χ0v) is 11.2. The maximum absolute atomic E-state index is 13.2. The van der Waals surface area contributed by atoms with E-state index in [1.165, 1.54) is 41.1 Å². The van der Waals surface area contributed by atoms with Gasteiger partial charge in [0.1, 0.15) is 11.6 Å². The second kappa shape index (κ2) is 5.10. The summed E-state index contributed by atoms with van der Waals surface area (Å²) in [6, 6.07) is 7.96.